The van der Waals surface area contributed by atoms with Gasteiger partial charge in [-0.15, -0.1) is 0 Å². The summed E-state index contributed by atoms with van der Waals surface area (Å²) in [5.41, 5.74) is 3.28. The Morgan fingerprint density at radius 2 is 2.04 bits per heavy atom. The predicted molar refractivity (Wildman–Crippen MR) is 97.4 cm³/mol. The quantitative estimate of drug-likeness (QED) is 0.797. The SMILES string of the molecule is CCCCC1C=C(C)C(c2cc3cnc(NC=O)cc3cn2)=CN1. The van der Waals surface area contributed by atoms with Crippen molar-refractivity contribution < 1.29 is 4.79 Å². The van der Waals surface area contributed by atoms with Gasteiger partial charge in [0.15, 0.2) is 0 Å². The lowest BCUT2D eigenvalue weighted by atomic mass is 9.96. The second-order valence-electron chi connectivity index (χ2n) is 6.07. The number of unbranched alkanes of at least 4 members (excludes halogenated alkanes) is 1. The second kappa shape index (κ2) is 7.25. The van der Waals surface area contributed by atoms with Crippen LogP contribution in [0, 0.1) is 0 Å². The van der Waals surface area contributed by atoms with Crippen LogP contribution in [0.15, 0.2) is 42.4 Å². The molecule has 3 rings (SSSR count). The van der Waals surface area contributed by atoms with E-state index in [1.165, 1.54) is 18.4 Å². The molecular weight excluding hydrogens is 300 g/mol. The second-order valence-corrected chi connectivity index (χ2v) is 6.07. The minimum atomic E-state index is 0.410. The zero-order valence-electron chi connectivity index (χ0n) is 14.0. The molecule has 1 aliphatic rings. The van der Waals surface area contributed by atoms with Crippen LogP contribution in [0.25, 0.3) is 16.3 Å². The van der Waals surface area contributed by atoms with Crippen LogP contribution in [0.2, 0.25) is 0 Å². The van der Waals surface area contributed by atoms with E-state index in [2.05, 4.69) is 46.7 Å². The molecule has 0 aromatic carbocycles. The van der Waals surface area contributed by atoms with Crippen molar-refractivity contribution in [3.63, 3.8) is 0 Å². The van der Waals surface area contributed by atoms with Gasteiger partial charge in [0.05, 0.1) is 5.69 Å². The number of anilines is 1. The fraction of sp³-hybridized carbons (Fsp3) is 0.316. The zero-order chi connectivity index (χ0) is 16.9. The molecule has 0 spiro atoms. The number of rotatable bonds is 6. The third-order valence-electron chi connectivity index (χ3n) is 4.27. The Morgan fingerprint density at radius 3 is 2.79 bits per heavy atom. The summed E-state index contributed by atoms with van der Waals surface area (Å²) in [7, 11) is 0. The van der Waals surface area contributed by atoms with Crippen molar-refractivity contribution in [3.05, 3.63) is 48.1 Å². The number of carbonyl (C=O) groups is 1. The molecule has 0 aliphatic carbocycles. The summed E-state index contributed by atoms with van der Waals surface area (Å²) in [5, 5.41) is 7.97. The van der Waals surface area contributed by atoms with Gasteiger partial charge < -0.3 is 10.6 Å². The Balaban J connectivity index is 1.85. The van der Waals surface area contributed by atoms with Crippen LogP contribution in [-0.4, -0.2) is 22.4 Å². The van der Waals surface area contributed by atoms with E-state index < -0.39 is 0 Å². The molecule has 2 aromatic heterocycles. The van der Waals surface area contributed by atoms with Gasteiger partial charge in [-0.1, -0.05) is 25.8 Å². The normalized spacial score (nSPS) is 17.0. The summed E-state index contributed by atoms with van der Waals surface area (Å²) in [6, 6.07) is 4.26. The van der Waals surface area contributed by atoms with Crippen LogP contribution in [0.3, 0.4) is 0 Å². The van der Waals surface area contributed by atoms with Crippen molar-refractivity contribution in [3.8, 4) is 0 Å². The maximum absolute atomic E-state index is 10.5. The molecule has 24 heavy (non-hydrogen) atoms. The molecule has 1 atom stereocenters. The molecule has 1 amide bonds. The molecule has 0 bridgehead atoms. The molecule has 5 heteroatoms. The highest BCUT2D eigenvalue weighted by atomic mass is 16.1. The van der Waals surface area contributed by atoms with Gasteiger partial charge in [0.1, 0.15) is 5.82 Å². The Labute approximate surface area is 141 Å². The highest BCUT2D eigenvalue weighted by molar-refractivity contribution is 5.89. The molecule has 2 aromatic rings. The topological polar surface area (TPSA) is 66.9 Å². The van der Waals surface area contributed by atoms with Crippen LogP contribution >= 0.6 is 0 Å². The van der Waals surface area contributed by atoms with E-state index in [9.17, 15) is 4.79 Å². The molecule has 124 valence electrons. The van der Waals surface area contributed by atoms with Crippen molar-refractivity contribution in [1.29, 1.82) is 0 Å². The number of hydrogen-bond donors (Lipinski definition) is 2. The van der Waals surface area contributed by atoms with Crippen molar-refractivity contribution in [2.75, 3.05) is 5.32 Å². The summed E-state index contributed by atoms with van der Waals surface area (Å²) < 4.78 is 0. The van der Waals surface area contributed by atoms with Crippen molar-refractivity contribution >= 4 is 28.6 Å². The van der Waals surface area contributed by atoms with Gasteiger partial charge in [0, 0.05) is 41.0 Å². The van der Waals surface area contributed by atoms with Crippen molar-refractivity contribution in [2.24, 2.45) is 0 Å². The Morgan fingerprint density at radius 1 is 1.25 bits per heavy atom. The first-order chi connectivity index (χ1) is 11.7. The average molecular weight is 322 g/mol. The number of allylic oxidation sites excluding steroid dienone is 2. The third kappa shape index (κ3) is 3.45. The van der Waals surface area contributed by atoms with Gasteiger partial charge in [0.25, 0.3) is 0 Å². The maximum atomic E-state index is 10.5. The molecule has 1 unspecified atom stereocenters. The summed E-state index contributed by atoms with van der Waals surface area (Å²) in [6.45, 7) is 4.34. The Bertz CT molecular complexity index is 810. The lowest BCUT2D eigenvalue weighted by Crippen LogP contribution is -2.25. The smallest absolute Gasteiger partial charge is 0.212 e. The first-order valence-corrected chi connectivity index (χ1v) is 8.32. The molecule has 0 saturated carbocycles. The first kappa shape index (κ1) is 16.2. The van der Waals surface area contributed by atoms with Crippen LogP contribution in [0.1, 0.15) is 38.8 Å². The van der Waals surface area contributed by atoms with Crippen molar-refractivity contribution in [1.82, 2.24) is 15.3 Å². The standard InChI is InChI=1S/C19H22N4O/c1-3-4-5-16-6-13(2)17(11-20-16)18-7-14-10-22-19(23-12-24)8-15(14)9-21-18/h6-12,16,20H,3-5H2,1-2H3,(H,22,23,24). The molecular formula is C19H22N4O. The number of carbonyl (C=O) groups excluding carboxylic acids is 1. The first-order valence-electron chi connectivity index (χ1n) is 8.32. The molecule has 3 heterocycles. The largest absolute Gasteiger partial charge is 0.384 e. The lowest BCUT2D eigenvalue weighted by molar-refractivity contribution is -0.105. The van der Waals surface area contributed by atoms with Crippen LogP contribution in [0.4, 0.5) is 5.82 Å². The Kier molecular flexibility index (Phi) is 4.89. The monoisotopic (exact) mass is 322 g/mol. The van der Waals surface area contributed by atoms with Gasteiger partial charge in [-0.3, -0.25) is 9.78 Å². The lowest BCUT2D eigenvalue weighted by Gasteiger charge is -2.22. The summed E-state index contributed by atoms with van der Waals surface area (Å²) in [5.74, 6) is 0.528. The number of aromatic nitrogens is 2. The maximum Gasteiger partial charge on any atom is 0.212 e. The molecule has 1 aliphatic heterocycles. The van der Waals surface area contributed by atoms with E-state index in [0.717, 1.165) is 28.5 Å². The van der Waals surface area contributed by atoms with Crippen LogP contribution in [0.5, 0.6) is 0 Å². The van der Waals surface area contributed by atoms with Gasteiger partial charge in [-0.2, -0.15) is 0 Å². The van der Waals surface area contributed by atoms with E-state index in [0.29, 0.717) is 18.3 Å². The highest BCUT2D eigenvalue weighted by Crippen LogP contribution is 2.27. The molecule has 2 N–H and O–H groups in total. The van der Waals surface area contributed by atoms with E-state index in [1.54, 1.807) is 6.20 Å². The minimum Gasteiger partial charge on any atom is -0.384 e. The highest BCUT2D eigenvalue weighted by Gasteiger charge is 2.14. The predicted octanol–water partition coefficient (Wildman–Crippen LogP) is 3.65. The fourth-order valence-electron chi connectivity index (χ4n) is 2.93. The minimum absolute atomic E-state index is 0.410. The van der Waals surface area contributed by atoms with Crippen molar-refractivity contribution in [2.45, 2.75) is 39.2 Å². The molecule has 0 fully saturated rings. The zero-order valence-corrected chi connectivity index (χ0v) is 14.0. The number of dihydropyridines is 1. The summed E-state index contributed by atoms with van der Waals surface area (Å²) in [4.78, 5) is 19.3. The number of hydrogen-bond acceptors (Lipinski definition) is 4. The summed E-state index contributed by atoms with van der Waals surface area (Å²) >= 11 is 0. The van der Waals surface area contributed by atoms with Gasteiger partial charge in [0.2, 0.25) is 6.41 Å². The van der Waals surface area contributed by atoms with E-state index in [4.69, 9.17) is 0 Å². The van der Waals surface area contributed by atoms with E-state index in [1.807, 2.05) is 18.3 Å². The molecule has 5 nitrogen and oxygen atoms in total. The molecule has 0 radical (unpaired) electrons. The average Bonchev–Trinajstić information content (AvgIpc) is 2.60. The number of pyridine rings is 2. The third-order valence-corrected chi connectivity index (χ3v) is 4.27. The van der Waals surface area contributed by atoms with Crippen LogP contribution < -0.4 is 10.6 Å². The Hall–Kier alpha value is -2.69. The number of fused-ring (bicyclic) bond motifs is 1. The molecule has 0 saturated heterocycles. The van der Waals surface area contributed by atoms with Crippen LogP contribution in [-0.2, 0) is 4.79 Å². The van der Waals surface area contributed by atoms with Gasteiger partial charge in [-0.05, 0) is 31.1 Å². The summed E-state index contributed by atoms with van der Waals surface area (Å²) in [6.07, 6.45) is 12.1. The number of nitrogens with one attached hydrogen (secondary N) is 2. The van der Waals surface area contributed by atoms with E-state index in [-0.39, 0.29) is 0 Å². The fourth-order valence-corrected chi connectivity index (χ4v) is 2.93. The number of nitrogens with zero attached hydrogens (tertiary/aromatic N) is 2. The van der Waals surface area contributed by atoms with E-state index >= 15 is 0 Å². The van der Waals surface area contributed by atoms with Gasteiger partial charge >= 0.3 is 0 Å². The number of amides is 1. The van der Waals surface area contributed by atoms with Gasteiger partial charge in [-0.25, -0.2) is 4.98 Å².